The summed E-state index contributed by atoms with van der Waals surface area (Å²) in [7, 11) is 1.25. The summed E-state index contributed by atoms with van der Waals surface area (Å²) in [6.07, 6.45) is 1.56. The van der Waals surface area contributed by atoms with Crippen LogP contribution >= 0.6 is 0 Å². The Balaban J connectivity index is 2.60. The third-order valence-electron chi connectivity index (χ3n) is 3.17. The second-order valence-corrected chi connectivity index (χ2v) is 4.19. The van der Waals surface area contributed by atoms with Crippen molar-refractivity contribution in [1.82, 2.24) is 0 Å². The van der Waals surface area contributed by atoms with Crippen LogP contribution < -0.4 is 4.90 Å². The highest BCUT2D eigenvalue weighted by atomic mass is 16.5. The molecule has 2 rings (SSSR count). The van der Waals surface area contributed by atoms with E-state index in [-0.39, 0.29) is 5.57 Å². The molecule has 0 fully saturated rings. The molecule has 1 N–H and O–H groups in total. The lowest BCUT2D eigenvalue weighted by atomic mass is 9.87. The van der Waals surface area contributed by atoms with Crippen LogP contribution in [0.2, 0.25) is 0 Å². The van der Waals surface area contributed by atoms with Crippen molar-refractivity contribution >= 4 is 17.6 Å². The largest absolute Gasteiger partial charge is 0.481 e. The topological polar surface area (TPSA) is 66.8 Å². The number of carboxylic acids is 1. The van der Waals surface area contributed by atoms with Crippen LogP contribution in [0.3, 0.4) is 0 Å². The molecule has 1 aromatic rings. The van der Waals surface area contributed by atoms with Gasteiger partial charge in [0.1, 0.15) is 5.92 Å². The molecule has 0 aliphatic carbocycles. The van der Waals surface area contributed by atoms with Gasteiger partial charge in [0, 0.05) is 18.4 Å². The van der Waals surface area contributed by atoms with E-state index >= 15 is 0 Å². The molecular formula is C14H15NO4. The average Bonchev–Trinajstić information content (AvgIpc) is 2.44. The molecule has 0 bridgehead atoms. The number of hydrogen-bond acceptors (Lipinski definition) is 4. The van der Waals surface area contributed by atoms with Crippen LogP contribution in [0.15, 0.2) is 36.0 Å². The molecule has 0 amide bonds. The first-order valence-electron chi connectivity index (χ1n) is 5.98. The lowest BCUT2D eigenvalue weighted by Crippen LogP contribution is -2.31. The van der Waals surface area contributed by atoms with Crippen LogP contribution in [0.5, 0.6) is 0 Å². The molecule has 5 nitrogen and oxygen atoms in total. The number of carboxylic acid groups (broad SMARTS) is 1. The highest BCUT2D eigenvalue weighted by Gasteiger charge is 2.36. The van der Waals surface area contributed by atoms with E-state index in [1.807, 2.05) is 24.0 Å². The van der Waals surface area contributed by atoms with E-state index in [0.29, 0.717) is 12.1 Å². The minimum absolute atomic E-state index is 0.149. The monoisotopic (exact) mass is 261 g/mol. The molecule has 1 heterocycles. The first-order valence-corrected chi connectivity index (χ1v) is 5.98. The smallest absolute Gasteiger partial charge is 0.336 e. The highest BCUT2D eigenvalue weighted by molar-refractivity contribution is 6.00. The predicted molar refractivity (Wildman–Crippen MR) is 69.9 cm³/mol. The van der Waals surface area contributed by atoms with Gasteiger partial charge in [0.25, 0.3) is 0 Å². The molecule has 0 spiro atoms. The van der Waals surface area contributed by atoms with Crippen LogP contribution in [0.1, 0.15) is 18.4 Å². The zero-order valence-electron chi connectivity index (χ0n) is 10.8. The van der Waals surface area contributed by atoms with E-state index in [9.17, 15) is 14.7 Å². The molecule has 0 saturated carbocycles. The van der Waals surface area contributed by atoms with Gasteiger partial charge in [-0.1, -0.05) is 18.2 Å². The summed E-state index contributed by atoms with van der Waals surface area (Å²) in [5.41, 5.74) is 1.57. The summed E-state index contributed by atoms with van der Waals surface area (Å²) in [4.78, 5) is 25.1. The van der Waals surface area contributed by atoms with Crippen molar-refractivity contribution in [3.05, 3.63) is 41.6 Å². The van der Waals surface area contributed by atoms with Crippen LogP contribution in [0.4, 0.5) is 5.69 Å². The molecule has 1 aliphatic rings. The maximum Gasteiger partial charge on any atom is 0.336 e. The number of rotatable bonds is 3. The minimum Gasteiger partial charge on any atom is -0.481 e. The minimum atomic E-state index is -1.06. The molecule has 100 valence electrons. The van der Waals surface area contributed by atoms with E-state index in [1.54, 1.807) is 18.3 Å². The van der Waals surface area contributed by atoms with Crippen molar-refractivity contribution in [1.29, 1.82) is 0 Å². The summed E-state index contributed by atoms with van der Waals surface area (Å²) in [5, 5.41) is 9.39. The number of nitrogens with zero attached hydrogens (tertiary/aromatic N) is 1. The van der Waals surface area contributed by atoms with Crippen molar-refractivity contribution in [2.24, 2.45) is 0 Å². The van der Waals surface area contributed by atoms with E-state index in [4.69, 9.17) is 0 Å². The number of carbonyl (C=O) groups excluding carboxylic acids is 1. The van der Waals surface area contributed by atoms with Crippen molar-refractivity contribution in [3.8, 4) is 0 Å². The Morgan fingerprint density at radius 2 is 2.05 bits per heavy atom. The van der Waals surface area contributed by atoms with E-state index in [1.165, 1.54) is 7.11 Å². The molecule has 1 aromatic carbocycles. The predicted octanol–water partition coefficient (Wildman–Crippen LogP) is 1.75. The van der Waals surface area contributed by atoms with Gasteiger partial charge in [0.15, 0.2) is 0 Å². The van der Waals surface area contributed by atoms with Crippen molar-refractivity contribution in [2.75, 3.05) is 18.6 Å². The highest BCUT2D eigenvalue weighted by Crippen LogP contribution is 2.38. The maximum absolute atomic E-state index is 11.8. The number of benzene rings is 1. The van der Waals surface area contributed by atoms with Gasteiger partial charge in [-0.15, -0.1) is 0 Å². The molecular weight excluding hydrogens is 246 g/mol. The van der Waals surface area contributed by atoms with E-state index in [2.05, 4.69) is 4.74 Å². The molecule has 5 heteroatoms. The fourth-order valence-corrected chi connectivity index (χ4v) is 2.29. The molecule has 1 aliphatic heterocycles. The lowest BCUT2D eigenvalue weighted by molar-refractivity contribution is -0.142. The molecule has 0 radical (unpaired) electrons. The quantitative estimate of drug-likeness (QED) is 0.840. The standard InChI is InChI=1S/C14H15NO4/c1-3-15-8-10(14(18)19-2)12(13(16)17)9-6-4-5-7-11(9)15/h4-8,12H,3H2,1-2H3,(H,16,17). The van der Waals surface area contributed by atoms with Crippen molar-refractivity contribution < 1.29 is 19.4 Å². The second-order valence-electron chi connectivity index (χ2n) is 4.19. The Kier molecular flexibility index (Phi) is 3.55. The number of ether oxygens (including phenoxy) is 1. The first kappa shape index (κ1) is 13.1. The number of para-hydroxylation sites is 1. The maximum atomic E-state index is 11.8. The van der Waals surface area contributed by atoms with Gasteiger partial charge in [-0.25, -0.2) is 4.79 Å². The normalized spacial score (nSPS) is 17.5. The first-order chi connectivity index (χ1) is 9.10. The zero-order chi connectivity index (χ0) is 14.0. The van der Waals surface area contributed by atoms with Gasteiger partial charge < -0.3 is 14.7 Å². The van der Waals surface area contributed by atoms with Crippen LogP contribution in [0, 0.1) is 0 Å². The number of fused-ring (bicyclic) bond motifs is 1. The SMILES string of the molecule is CCN1C=C(C(=O)OC)C(C(=O)O)c2ccccc21. The number of methoxy groups -OCH3 is 1. The van der Waals surface area contributed by atoms with Crippen molar-refractivity contribution in [2.45, 2.75) is 12.8 Å². The average molecular weight is 261 g/mol. The van der Waals surface area contributed by atoms with Crippen molar-refractivity contribution in [3.63, 3.8) is 0 Å². The number of hydrogen-bond donors (Lipinski definition) is 1. The third kappa shape index (κ3) is 2.19. The van der Waals surface area contributed by atoms with Crippen LogP contribution in [-0.4, -0.2) is 30.7 Å². The van der Waals surface area contributed by atoms with Crippen LogP contribution in [0.25, 0.3) is 0 Å². The Morgan fingerprint density at radius 1 is 1.37 bits per heavy atom. The molecule has 1 unspecified atom stereocenters. The second kappa shape index (κ2) is 5.14. The Morgan fingerprint density at radius 3 is 2.63 bits per heavy atom. The summed E-state index contributed by atoms with van der Waals surface area (Å²) >= 11 is 0. The molecule has 0 saturated heterocycles. The number of carbonyl (C=O) groups is 2. The van der Waals surface area contributed by atoms with Crippen LogP contribution in [-0.2, 0) is 14.3 Å². The third-order valence-corrected chi connectivity index (χ3v) is 3.17. The van der Waals surface area contributed by atoms with E-state index in [0.717, 1.165) is 5.69 Å². The summed E-state index contributed by atoms with van der Waals surface area (Å²) in [6, 6.07) is 7.19. The van der Waals surface area contributed by atoms with Gasteiger partial charge in [-0.05, 0) is 18.6 Å². The number of anilines is 1. The summed E-state index contributed by atoms with van der Waals surface area (Å²) in [6.45, 7) is 2.58. The van der Waals surface area contributed by atoms with Gasteiger partial charge in [-0.3, -0.25) is 4.79 Å². The van der Waals surface area contributed by atoms with Gasteiger partial charge in [-0.2, -0.15) is 0 Å². The summed E-state index contributed by atoms with van der Waals surface area (Å²) < 4.78 is 4.68. The van der Waals surface area contributed by atoms with E-state index < -0.39 is 17.9 Å². The summed E-state index contributed by atoms with van der Waals surface area (Å²) in [5.74, 6) is -2.65. The number of aliphatic carboxylic acids is 1. The van der Waals surface area contributed by atoms with Gasteiger partial charge >= 0.3 is 11.9 Å². The van der Waals surface area contributed by atoms with Gasteiger partial charge in [0.2, 0.25) is 0 Å². The Hall–Kier alpha value is -2.30. The Bertz CT molecular complexity index is 550. The Labute approximate surface area is 111 Å². The molecule has 0 aromatic heterocycles. The zero-order valence-corrected chi connectivity index (χ0v) is 10.8. The fourth-order valence-electron chi connectivity index (χ4n) is 2.29. The fraction of sp³-hybridized carbons (Fsp3) is 0.286. The molecule has 1 atom stereocenters. The molecule has 19 heavy (non-hydrogen) atoms. The lowest BCUT2D eigenvalue weighted by Gasteiger charge is -2.31. The van der Waals surface area contributed by atoms with Gasteiger partial charge in [0.05, 0.1) is 12.7 Å². The number of esters is 1.